The van der Waals surface area contributed by atoms with Crippen LogP contribution in [0, 0.1) is 6.92 Å². The molecule has 0 bridgehead atoms. The van der Waals surface area contributed by atoms with Crippen LogP contribution in [0.1, 0.15) is 36.0 Å². The number of hydrogen-bond acceptors (Lipinski definition) is 4. The summed E-state index contributed by atoms with van der Waals surface area (Å²) in [5.74, 6) is 2.47. The lowest BCUT2D eigenvalue weighted by Crippen LogP contribution is -2.29. The van der Waals surface area contributed by atoms with Crippen LogP contribution in [-0.2, 0) is 0 Å². The van der Waals surface area contributed by atoms with E-state index in [9.17, 15) is 0 Å². The number of pyridine rings is 1. The molecule has 2 aromatic carbocycles. The maximum atomic E-state index is 6.42. The molecular formula is C27H25N3O2S. The molecule has 5 nitrogen and oxygen atoms in total. The summed E-state index contributed by atoms with van der Waals surface area (Å²) < 4.78 is 12.0. The van der Waals surface area contributed by atoms with E-state index in [0.29, 0.717) is 11.7 Å². The zero-order chi connectivity index (χ0) is 22.8. The van der Waals surface area contributed by atoms with Gasteiger partial charge in [0.2, 0.25) is 0 Å². The van der Waals surface area contributed by atoms with Gasteiger partial charge in [0.25, 0.3) is 0 Å². The predicted molar refractivity (Wildman–Crippen MR) is 134 cm³/mol. The smallest absolute Gasteiger partial charge is 0.174 e. The molecular weight excluding hydrogens is 430 g/mol. The highest BCUT2D eigenvalue weighted by Gasteiger charge is 2.42. The number of benzene rings is 2. The monoisotopic (exact) mass is 455 g/mol. The minimum Gasteiger partial charge on any atom is -0.494 e. The van der Waals surface area contributed by atoms with Gasteiger partial charge in [0.05, 0.1) is 18.3 Å². The Balaban J connectivity index is 1.54. The van der Waals surface area contributed by atoms with Crippen molar-refractivity contribution in [3.8, 4) is 17.1 Å². The fourth-order valence-electron chi connectivity index (χ4n) is 4.18. The first kappa shape index (κ1) is 21.2. The standard InChI is InChI=1S/C27H25N3O2S/c1-3-31-21-13-9-19(10-14-21)23-15-16-24(32-23)26-25(22-6-4-5-17-28-22)29-27(33)30(26)20-11-7-18(2)8-12-20/h4-17,25-26H,3H2,1-2H3,(H,29,33)/t25-,26+/m0/s1. The Bertz CT molecular complexity index is 1240. The molecule has 1 saturated heterocycles. The van der Waals surface area contributed by atoms with E-state index in [1.54, 1.807) is 6.20 Å². The molecule has 0 radical (unpaired) electrons. The van der Waals surface area contributed by atoms with Crippen molar-refractivity contribution in [1.29, 1.82) is 0 Å². The molecule has 5 rings (SSSR count). The van der Waals surface area contributed by atoms with E-state index >= 15 is 0 Å². The molecule has 2 atom stereocenters. The van der Waals surface area contributed by atoms with Crippen molar-refractivity contribution < 1.29 is 9.15 Å². The summed E-state index contributed by atoms with van der Waals surface area (Å²) in [4.78, 5) is 6.72. The highest BCUT2D eigenvalue weighted by molar-refractivity contribution is 7.80. The Hall–Kier alpha value is -3.64. The number of rotatable bonds is 6. The Kier molecular flexibility index (Phi) is 5.84. The van der Waals surface area contributed by atoms with E-state index in [4.69, 9.17) is 21.4 Å². The van der Waals surface area contributed by atoms with Crippen LogP contribution in [-0.4, -0.2) is 16.7 Å². The Morgan fingerprint density at radius 3 is 2.48 bits per heavy atom. The van der Waals surface area contributed by atoms with Gasteiger partial charge in [-0.25, -0.2) is 0 Å². The van der Waals surface area contributed by atoms with Gasteiger partial charge in [-0.2, -0.15) is 0 Å². The summed E-state index contributed by atoms with van der Waals surface area (Å²) in [7, 11) is 0. The maximum Gasteiger partial charge on any atom is 0.174 e. The topological polar surface area (TPSA) is 50.5 Å². The average Bonchev–Trinajstić information content (AvgIpc) is 3.46. The number of nitrogens with zero attached hydrogens (tertiary/aromatic N) is 2. The molecule has 6 heteroatoms. The molecule has 0 saturated carbocycles. The van der Waals surface area contributed by atoms with Crippen molar-refractivity contribution in [2.24, 2.45) is 0 Å². The van der Waals surface area contributed by atoms with E-state index in [2.05, 4.69) is 46.4 Å². The maximum absolute atomic E-state index is 6.42. The quantitative estimate of drug-likeness (QED) is 0.348. The minimum absolute atomic E-state index is 0.140. The number of ether oxygens (including phenoxy) is 1. The van der Waals surface area contributed by atoms with Crippen LogP contribution in [0.4, 0.5) is 5.69 Å². The molecule has 0 amide bonds. The SMILES string of the molecule is CCOc1ccc(-c2ccc([C@@H]3[C@H](c4ccccn4)NC(=S)N3c3ccc(C)cc3)o2)cc1. The number of anilines is 1. The van der Waals surface area contributed by atoms with Gasteiger partial charge in [0.15, 0.2) is 5.11 Å². The van der Waals surface area contributed by atoms with Crippen LogP contribution in [0.15, 0.2) is 89.5 Å². The molecule has 3 heterocycles. The average molecular weight is 456 g/mol. The second-order valence-corrected chi connectivity index (χ2v) is 8.38. The summed E-state index contributed by atoms with van der Waals surface area (Å²) in [6.07, 6.45) is 1.80. The Morgan fingerprint density at radius 2 is 1.79 bits per heavy atom. The lowest BCUT2D eigenvalue weighted by Gasteiger charge is -2.26. The number of thiocarbonyl (C=S) groups is 1. The molecule has 0 spiro atoms. The molecule has 1 aliphatic rings. The van der Waals surface area contributed by atoms with E-state index in [1.165, 1.54) is 5.56 Å². The van der Waals surface area contributed by atoms with Crippen LogP contribution >= 0.6 is 12.2 Å². The third-order valence-electron chi connectivity index (χ3n) is 5.78. The summed E-state index contributed by atoms with van der Waals surface area (Å²) in [6.45, 7) is 4.70. The minimum atomic E-state index is -0.174. The van der Waals surface area contributed by atoms with Gasteiger partial charge in [0, 0.05) is 17.4 Å². The van der Waals surface area contributed by atoms with Gasteiger partial charge in [-0.15, -0.1) is 0 Å². The van der Waals surface area contributed by atoms with Crippen LogP contribution in [0.5, 0.6) is 5.75 Å². The highest BCUT2D eigenvalue weighted by Crippen LogP contribution is 2.43. The fourth-order valence-corrected chi connectivity index (χ4v) is 4.52. The Morgan fingerprint density at radius 1 is 1.00 bits per heavy atom. The first-order valence-electron chi connectivity index (χ1n) is 11.0. The van der Waals surface area contributed by atoms with Crippen LogP contribution in [0.25, 0.3) is 11.3 Å². The summed E-state index contributed by atoms with van der Waals surface area (Å²) >= 11 is 5.78. The van der Waals surface area contributed by atoms with Crippen molar-refractivity contribution in [3.63, 3.8) is 0 Å². The van der Waals surface area contributed by atoms with Gasteiger partial charge in [0.1, 0.15) is 23.3 Å². The van der Waals surface area contributed by atoms with Crippen molar-refractivity contribution in [1.82, 2.24) is 10.3 Å². The van der Waals surface area contributed by atoms with Gasteiger partial charge in [-0.05, 0) is 86.7 Å². The number of hydrogen-bond donors (Lipinski definition) is 1. The van der Waals surface area contributed by atoms with Gasteiger partial charge < -0.3 is 19.4 Å². The van der Waals surface area contributed by atoms with E-state index < -0.39 is 0 Å². The summed E-state index contributed by atoms with van der Waals surface area (Å²) in [5.41, 5.74) is 4.12. The van der Waals surface area contributed by atoms with Crippen LogP contribution < -0.4 is 15.0 Å². The molecule has 166 valence electrons. The lowest BCUT2D eigenvalue weighted by atomic mass is 10.0. The molecule has 0 aliphatic carbocycles. The number of aromatic nitrogens is 1. The summed E-state index contributed by atoms with van der Waals surface area (Å²) in [6, 6.07) is 26.0. The van der Waals surface area contributed by atoms with Crippen molar-refractivity contribution in [2.75, 3.05) is 11.5 Å². The van der Waals surface area contributed by atoms with Crippen molar-refractivity contribution in [3.05, 3.63) is 102 Å². The first-order chi connectivity index (χ1) is 16.1. The van der Waals surface area contributed by atoms with Gasteiger partial charge in [-0.3, -0.25) is 4.98 Å². The second-order valence-electron chi connectivity index (χ2n) is 7.99. The van der Waals surface area contributed by atoms with E-state index in [-0.39, 0.29) is 12.1 Å². The number of furan rings is 1. The first-order valence-corrected chi connectivity index (χ1v) is 11.4. The Labute approximate surface area is 199 Å². The molecule has 2 aromatic heterocycles. The zero-order valence-electron chi connectivity index (χ0n) is 18.6. The van der Waals surface area contributed by atoms with E-state index in [0.717, 1.165) is 34.2 Å². The fraction of sp³-hybridized carbons (Fsp3) is 0.185. The lowest BCUT2D eigenvalue weighted by molar-refractivity contribution is 0.340. The van der Waals surface area contributed by atoms with Gasteiger partial charge >= 0.3 is 0 Å². The predicted octanol–water partition coefficient (Wildman–Crippen LogP) is 6.23. The molecule has 1 fully saturated rings. The normalized spacial score (nSPS) is 17.8. The third-order valence-corrected chi connectivity index (χ3v) is 6.09. The van der Waals surface area contributed by atoms with Gasteiger partial charge in [-0.1, -0.05) is 23.8 Å². The zero-order valence-corrected chi connectivity index (χ0v) is 19.4. The molecule has 33 heavy (non-hydrogen) atoms. The van der Waals surface area contributed by atoms with Crippen LogP contribution in [0.2, 0.25) is 0 Å². The molecule has 1 aliphatic heterocycles. The third kappa shape index (κ3) is 4.22. The van der Waals surface area contributed by atoms with Crippen LogP contribution in [0.3, 0.4) is 0 Å². The largest absolute Gasteiger partial charge is 0.494 e. The summed E-state index contributed by atoms with van der Waals surface area (Å²) in [5, 5.41) is 4.12. The molecule has 0 unspecified atom stereocenters. The second kappa shape index (κ2) is 9.08. The highest BCUT2D eigenvalue weighted by atomic mass is 32.1. The number of aryl methyl sites for hydroxylation is 1. The van der Waals surface area contributed by atoms with Crippen molar-refractivity contribution in [2.45, 2.75) is 25.9 Å². The molecule has 1 N–H and O–H groups in total. The van der Waals surface area contributed by atoms with E-state index in [1.807, 2.05) is 61.5 Å². The molecule has 4 aromatic rings. The number of nitrogens with one attached hydrogen (secondary N) is 1. The van der Waals surface area contributed by atoms with Crippen molar-refractivity contribution >= 4 is 23.0 Å².